The van der Waals surface area contributed by atoms with E-state index < -0.39 is 15.9 Å². The van der Waals surface area contributed by atoms with Crippen molar-refractivity contribution in [1.29, 1.82) is 0 Å². The van der Waals surface area contributed by atoms with Crippen LogP contribution < -0.4 is 5.56 Å². The number of pyridine rings is 1. The summed E-state index contributed by atoms with van der Waals surface area (Å²) in [6, 6.07) is 18.8. The van der Waals surface area contributed by atoms with Gasteiger partial charge in [-0.3, -0.25) is 9.59 Å². The molecule has 166 valence electrons. The summed E-state index contributed by atoms with van der Waals surface area (Å²) in [5.74, 6) is -0.391. The van der Waals surface area contributed by atoms with E-state index in [1.54, 1.807) is 24.4 Å². The highest BCUT2D eigenvalue weighted by Gasteiger charge is 2.31. The Morgan fingerprint density at radius 1 is 0.906 bits per heavy atom. The molecule has 0 radical (unpaired) electrons. The van der Waals surface area contributed by atoms with Crippen molar-refractivity contribution < 1.29 is 13.2 Å². The van der Waals surface area contributed by atoms with E-state index in [1.165, 1.54) is 32.0 Å². The summed E-state index contributed by atoms with van der Waals surface area (Å²) in [7, 11) is -3.70. The quantitative estimate of drug-likeness (QED) is 0.573. The second-order valence-electron chi connectivity index (χ2n) is 7.49. The maximum absolute atomic E-state index is 13.0. The zero-order valence-corrected chi connectivity index (χ0v) is 18.8. The van der Waals surface area contributed by atoms with Crippen molar-refractivity contribution in [3.8, 4) is 0 Å². The first-order valence-corrected chi connectivity index (χ1v) is 12.0. The van der Waals surface area contributed by atoms with Crippen LogP contribution in [0, 0.1) is 0 Å². The van der Waals surface area contributed by atoms with Crippen LogP contribution in [-0.2, 0) is 16.6 Å². The van der Waals surface area contributed by atoms with Crippen molar-refractivity contribution in [2.24, 2.45) is 0 Å². The lowest BCUT2D eigenvalue weighted by Gasteiger charge is -2.34. The largest absolute Gasteiger partial charge is 0.336 e. The Hall–Kier alpha value is -2.94. The van der Waals surface area contributed by atoms with E-state index in [0.29, 0.717) is 11.6 Å². The van der Waals surface area contributed by atoms with Crippen LogP contribution in [0.2, 0.25) is 5.02 Å². The minimum absolute atomic E-state index is 0.0783. The molecule has 1 aliphatic heterocycles. The molecule has 9 heteroatoms. The highest BCUT2D eigenvalue weighted by Crippen LogP contribution is 2.21. The Kier molecular flexibility index (Phi) is 6.45. The summed E-state index contributed by atoms with van der Waals surface area (Å²) < 4.78 is 28.6. The number of benzene rings is 2. The van der Waals surface area contributed by atoms with Gasteiger partial charge in [-0.25, -0.2) is 8.42 Å². The van der Waals surface area contributed by atoms with E-state index in [1.807, 2.05) is 30.3 Å². The van der Waals surface area contributed by atoms with Crippen LogP contribution in [0.3, 0.4) is 0 Å². The summed E-state index contributed by atoms with van der Waals surface area (Å²) in [5, 5.41) is 0.343. The average Bonchev–Trinajstić information content (AvgIpc) is 2.81. The molecule has 0 unspecified atom stereocenters. The minimum Gasteiger partial charge on any atom is -0.336 e. The number of amides is 1. The lowest BCUT2D eigenvalue weighted by Crippen LogP contribution is -2.51. The third kappa shape index (κ3) is 4.62. The maximum atomic E-state index is 13.0. The second kappa shape index (κ2) is 9.28. The smallest absolute Gasteiger partial charge is 0.263 e. The Morgan fingerprint density at radius 2 is 1.62 bits per heavy atom. The Balaban J connectivity index is 1.47. The van der Waals surface area contributed by atoms with Gasteiger partial charge in [0, 0.05) is 37.4 Å². The molecule has 1 amide bonds. The van der Waals surface area contributed by atoms with Crippen LogP contribution >= 0.6 is 11.6 Å². The lowest BCUT2D eigenvalue weighted by atomic mass is 10.2. The van der Waals surface area contributed by atoms with Gasteiger partial charge in [0.05, 0.1) is 11.4 Å². The summed E-state index contributed by atoms with van der Waals surface area (Å²) in [5.41, 5.74) is 0.670. The normalized spacial score (nSPS) is 15.0. The van der Waals surface area contributed by atoms with Gasteiger partial charge in [-0.2, -0.15) is 4.31 Å². The molecule has 3 aromatic rings. The molecule has 1 aromatic heterocycles. The summed E-state index contributed by atoms with van der Waals surface area (Å²) in [4.78, 5) is 27.6. The fourth-order valence-electron chi connectivity index (χ4n) is 3.68. The zero-order chi connectivity index (χ0) is 22.7. The van der Waals surface area contributed by atoms with Gasteiger partial charge in [-0.1, -0.05) is 48.0 Å². The number of carbonyl (C=O) groups is 1. The lowest BCUT2D eigenvalue weighted by molar-refractivity contribution is 0.0695. The molecule has 0 N–H and O–H groups in total. The third-order valence-corrected chi connectivity index (χ3v) is 7.54. The third-order valence-electron chi connectivity index (χ3n) is 5.41. The SMILES string of the molecule is O=C(c1cccn(Cc2ccccc2)c1=O)N1CCN(S(=O)(=O)c2cccc(Cl)c2)CC1. The van der Waals surface area contributed by atoms with E-state index in [0.717, 1.165) is 5.56 Å². The molecule has 0 saturated carbocycles. The maximum Gasteiger partial charge on any atom is 0.263 e. The molecule has 2 heterocycles. The molecule has 4 rings (SSSR count). The molecule has 0 bridgehead atoms. The first kappa shape index (κ1) is 22.3. The number of piperazine rings is 1. The molecular formula is C23H22ClN3O4S. The van der Waals surface area contributed by atoms with Crippen LogP contribution in [0.1, 0.15) is 15.9 Å². The van der Waals surface area contributed by atoms with Gasteiger partial charge in [0.2, 0.25) is 10.0 Å². The predicted octanol–water partition coefficient (Wildman–Crippen LogP) is 2.70. The number of hydrogen-bond donors (Lipinski definition) is 0. The highest BCUT2D eigenvalue weighted by atomic mass is 35.5. The van der Waals surface area contributed by atoms with Crippen LogP contribution in [0.25, 0.3) is 0 Å². The number of halogens is 1. The first-order valence-electron chi connectivity index (χ1n) is 10.1. The van der Waals surface area contributed by atoms with Crippen molar-refractivity contribution in [2.75, 3.05) is 26.2 Å². The number of carbonyl (C=O) groups excluding carboxylic acids is 1. The van der Waals surface area contributed by atoms with E-state index in [-0.39, 0.29) is 42.2 Å². The van der Waals surface area contributed by atoms with Gasteiger partial charge < -0.3 is 9.47 Å². The molecule has 1 aliphatic rings. The predicted molar refractivity (Wildman–Crippen MR) is 122 cm³/mol. The van der Waals surface area contributed by atoms with Crippen LogP contribution in [-0.4, -0.2) is 54.3 Å². The average molecular weight is 472 g/mol. The Labute approximate surface area is 191 Å². The fraction of sp³-hybridized carbons (Fsp3) is 0.217. The van der Waals surface area contributed by atoms with Crippen LogP contribution in [0.5, 0.6) is 0 Å². The topological polar surface area (TPSA) is 79.7 Å². The molecule has 32 heavy (non-hydrogen) atoms. The van der Waals surface area contributed by atoms with E-state index in [2.05, 4.69) is 0 Å². The molecular weight excluding hydrogens is 450 g/mol. The van der Waals surface area contributed by atoms with E-state index in [9.17, 15) is 18.0 Å². The van der Waals surface area contributed by atoms with E-state index in [4.69, 9.17) is 11.6 Å². The van der Waals surface area contributed by atoms with Gasteiger partial charge in [0.25, 0.3) is 11.5 Å². The second-order valence-corrected chi connectivity index (χ2v) is 9.87. The Morgan fingerprint density at radius 3 is 2.31 bits per heavy atom. The van der Waals surface area contributed by atoms with Crippen molar-refractivity contribution in [2.45, 2.75) is 11.4 Å². The van der Waals surface area contributed by atoms with Crippen molar-refractivity contribution in [1.82, 2.24) is 13.8 Å². The van der Waals surface area contributed by atoms with Crippen LogP contribution in [0.15, 0.2) is 82.6 Å². The molecule has 1 saturated heterocycles. The number of aromatic nitrogens is 1. The summed E-state index contributed by atoms with van der Waals surface area (Å²) in [6.07, 6.45) is 1.65. The number of sulfonamides is 1. The number of hydrogen-bond acceptors (Lipinski definition) is 4. The Bertz CT molecular complexity index is 1280. The zero-order valence-electron chi connectivity index (χ0n) is 17.2. The van der Waals surface area contributed by atoms with Crippen molar-refractivity contribution in [3.05, 3.63) is 99.4 Å². The van der Waals surface area contributed by atoms with Gasteiger partial charge in [-0.15, -0.1) is 0 Å². The van der Waals surface area contributed by atoms with Gasteiger partial charge in [0.1, 0.15) is 5.56 Å². The summed E-state index contributed by atoms with van der Waals surface area (Å²) in [6.45, 7) is 1.06. The van der Waals surface area contributed by atoms with Gasteiger partial charge in [-0.05, 0) is 35.9 Å². The van der Waals surface area contributed by atoms with Crippen molar-refractivity contribution in [3.63, 3.8) is 0 Å². The molecule has 0 atom stereocenters. The molecule has 0 spiro atoms. The van der Waals surface area contributed by atoms with Gasteiger partial charge >= 0.3 is 0 Å². The molecule has 1 fully saturated rings. The molecule has 0 aliphatic carbocycles. The number of nitrogens with zero attached hydrogens (tertiary/aromatic N) is 3. The van der Waals surface area contributed by atoms with E-state index >= 15 is 0 Å². The highest BCUT2D eigenvalue weighted by molar-refractivity contribution is 7.89. The first-order chi connectivity index (χ1) is 15.4. The monoisotopic (exact) mass is 471 g/mol. The van der Waals surface area contributed by atoms with Gasteiger partial charge in [0.15, 0.2) is 0 Å². The standard InChI is InChI=1S/C23H22ClN3O4S/c24-19-8-4-9-20(16-19)32(30,31)27-14-12-25(13-15-27)22(28)21-10-5-11-26(23(21)29)17-18-6-2-1-3-7-18/h1-11,16H,12-15,17H2. The fourth-order valence-corrected chi connectivity index (χ4v) is 5.41. The molecule has 2 aromatic carbocycles. The summed E-state index contributed by atoms with van der Waals surface area (Å²) >= 11 is 5.93. The van der Waals surface area contributed by atoms with Crippen molar-refractivity contribution >= 4 is 27.5 Å². The van der Waals surface area contributed by atoms with Crippen LogP contribution in [0.4, 0.5) is 0 Å². The number of rotatable bonds is 5. The minimum atomic E-state index is -3.70. The molecule has 7 nitrogen and oxygen atoms in total.